The predicted octanol–water partition coefficient (Wildman–Crippen LogP) is 1.56. The highest BCUT2D eigenvalue weighted by molar-refractivity contribution is 5.75. The van der Waals surface area contributed by atoms with E-state index in [1.165, 1.54) is 0 Å². The Balaban J connectivity index is 1.92. The summed E-state index contributed by atoms with van der Waals surface area (Å²) in [4.78, 5) is 27.8. The minimum atomic E-state index is 0.00824. The van der Waals surface area contributed by atoms with Gasteiger partial charge in [0.1, 0.15) is 0 Å². The van der Waals surface area contributed by atoms with E-state index in [4.69, 9.17) is 0 Å². The Morgan fingerprint density at radius 2 is 1.48 bits per heavy atom. The van der Waals surface area contributed by atoms with E-state index >= 15 is 0 Å². The highest BCUT2D eigenvalue weighted by atomic mass is 16.2. The quantitative estimate of drug-likeness (QED) is 0.769. The van der Waals surface area contributed by atoms with Gasteiger partial charge in [-0.2, -0.15) is 0 Å². The first-order chi connectivity index (χ1) is 10.6. The van der Waals surface area contributed by atoms with Crippen LogP contribution in [-0.2, 0) is 4.79 Å². The molecule has 0 aliphatic carbocycles. The van der Waals surface area contributed by atoms with Gasteiger partial charge in [0.25, 0.3) is 0 Å². The molecule has 2 N–H and O–H groups in total. The van der Waals surface area contributed by atoms with Crippen molar-refractivity contribution in [2.24, 2.45) is 0 Å². The maximum absolute atomic E-state index is 12.6. The van der Waals surface area contributed by atoms with E-state index in [1.807, 2.05) is 9.80 Å². The molecule has 23 heavy (non-hydrogen) atoms. The third-order valence-corrected chi connectivity index (χ3v) is 4.75. The smallest absolute Gasteiger partial charge is 0.317 e. The summed E-state index contributed by atoms with van der Waals surface area (Å²) in [6.45, 7) is 13.0. The third-order valence-electron chi connectivity index (χ3n) is 4.75. The van der Waals surface area contributed by atoms with Crippen LogP contribution in [-0.4, -0.2) is 65.0 Å². The van der Waals surface area contributed by atoms with Crippen molar-refractivity contribution in [3.63, 3.8) is 0 Å². The molecule has 0 saturated carbocycles. The summed E-state index contributed by atoms with van der Waals surface area (Å²) in [5.74, 6) is 0.0918. The van der Waals surface area contributed by atoms with Gasteiger partial charge in [-0.05, 0) is 47.0 Å². The molecule has 0 radical (unpaired) electrons. The normalized spacial score (nSPS) is 24.9. The standard InChI is InChI=1S/C17H32N4O2/c1-13(22)20-7-6-8-21(10-9-20)15(23)18-14-11-16(2,3)19-17(4,5)12-14/h14,19H,6-12H2,1-5H3,(H,18,23). The number of piperidine rings is 1. The van der Waals surface area contributed by atoms with Crippen molar-refractivity contribution in [2.45, 2.75) is 71.0 Å². The molecular formula is C17H32N4O2. The first-order valence-corrected chi connectivity index (χ1v) is 8.68. The summed E-state index contributed by atoms with van der Waals surface area (Å²) in [5, 5.41) is 6.85. The van der Waals surface area contributed by atoms with E-state index in [0.29, 0.717) is 19.6 Å². The maximum Gasteiger partial charge on any atom is 0.317 e. The highest BCUT2D eigenvalue weighted by Crippen LogP contribution is 2.28. The van der Waals surface area contributed by atoms with E-state index in [0.717, 1.165) is 25.8 Å². The summed E-state index contributed by atoms with van der Waals surface area (Å²) in [6, 6.07) is 0.190. The molecule has 2 fully saturated rings. The number of hydrogen-bond donors (Lipinski definition) is 2. The number of hydrogen-bond acceptors (Lipinski definition) is 3. The molecule has 2 aliphatic rings. The lowest BCUT2D eigenvalue weighted by molar-refractivity contribution is -0.128. The molecule has 0 aromatic rings. The number of carbonyl (C=O) groups is 2. The van der Waals surface area contributed by atoms with Crippen molar-refractivity contribution in [1.82, 2.24) is 20.4 Å². The minimum Gasteiger partial charge on any atom is -0.341 e. The fraction of sp³-hybridized carbons (Fsp3) is 0.882. The van der Waals surface area contributed by atoms with Crippen LogP contribution in [0.3, 0.4) is 0 Å². The molecular weight excluding hydrogens is 292 g/mol. The van der Waals surface area contributed by atoms with Crippen LogP contribution in [0.25, 0.3) is 0 Å². The Hall–Kier alpha value is -1.30. The van der Waals surface area contributed by atoms with Crippen molar-refractivity contribution >= 4 is 11.9 Å². The molecule has 3 amide bonds. The van der Waals surface area contributed by atoms with Gasteiger partial charge in [0.15, 0.2) is 0 Å². The summed E-state index contributed by atoms with van der Waals surface area (Å²) in [7, 11) is 0. The Labute approximate surface area is 140 Å². The summed E-state index contributed by atoms with van der Waals surface area (Å²) < 4.78 is 0. The SMILES string of the molecule is CC(=O)N1CCCN(C(=O)NC2CC(C)(C)NC(C)(C)C2)CC1. The van der Waals surface area contributed by atoms with Crippen molar-refractivity contribution in [2.75, 3.05) is 26.2 Å². The van der Waals surface area contributed by atoms with Gasteiger partial charge in [0, 0.05) is 50.2 Å². The zero-order valence-corrected chi connectivity index (χ0v) is 15.2. The van der Waals surface area contributed by atoms with Crippen LogP contribution in [0.15, 0.2) is 0 Å². The van der Waals surface area contributed by atoms with E-state index < -0.39 is 0 Å². The predicted molar refractivity (Wildman–Crippen MR) is 91.3 cm³/mol. The van der Waals surface area contributed by atoms with Crippen LogP contribution in [0.5, 0.6) is 0 Å². The summed E-state index contributed by atoms with van der Waals surface area (Å²) in [5.41, 5.74) is 0.0355. The average molecular weight is 324 g/mol. The Kier molecular flexibility index (Phi) is 5.23. The molecule has 2 heterocycles. The molecule has 132 valence electrons. The number of nitrogens with zero attached hydrogens (tertiary/aromatic N) is 2. The number of nitrogens with one attached hydrogen (secondary N) is 2. The lowest BCUT2D eigenvalue weighted by atomic mass is 9.80. The van der Waals surface area contributed by atoms with E-state index in [2.05, 4.69) is 38.3 Å². The summed E-state index contributed by atoms with van der Waals surface area (Å²) >= 11 is 0. The second-order valence-corrected chi connectivity index (χ2v) is 8.29. The van der Waals surface area contributed by atoms with Crippen molar-refractivity contribution < 1.29 is 9.59 Å². The molecule has 2 aliphatic heterocycles. The Morgan fingerprint density at radius 3 is 2.04 bits per heavy atom. The van der Waals surface area contributed by atoms with Crippen molar-refractivity contribution in [1.29, 1.82) is 0 Å². The fourth-order valence-corrected chi connectivity index (χ4v) is 4.13. The molecule has 0 spiro atoms. The van der Waals surface area contributed by atoms with Crippen LogP contribution >= 0.6 is 0 Å². The lowest BCUT2D eigenvalue weighted by Gasteiger charge is -2.46. The second-order valence-electron chi connectivity index (χ2n) is 8.29. The number of amides is 3. The van der Waals surface area contributed by atoms with Gasteiger partial charge < -0.3 is 20.4 Å². The van der Waals surface area contributed by atoms with Crippen LogP contribution in [0, 0.1) is 0 Å². The van der Waals surface area contributed by atoms with E-state index in [1.54, 1.807) is 6.92 Å². The van der Waals surface area contributed by atoms with Gasteiger partial charge in [-0.25, -0.2) is 4.79 Å². The minimum absolute atomic E-state index is 0.00824. The Morgan fingerprint density at radius 1 is 0.957 bits per heavy atom. The van der Waals surface area contributed by atoms with Gasteiger partial charge in [0.05, 0.1) is 0 Å². The number of urea groups is 1. The van der Waals surface area contributed by atoms with Crippen LogP contribution in [0.1, 0.15) is 53.9 Å². The van der Waals surface area contributed by atoms with Gasteiger partial charge in [0.2, 0.25) is 5.91 Å². The molecule has 0 unspecified atom stereocenters. The molecule has 6 nitrogen and oxygen atoms in total. The molecule has 0 aromatic carbocycles. The largest absolute Gasteiger partial charge is 0.341 e. The van der Waals surface area contributed by atoms with Crippen LogP contribution in [0.2, 0.25) is 0 Å². The second kappa shape index (κ2) is 6.67. The lowest BCUT2D eigenvalue weighted by Crippen LogP contribution is -2.63. The fourth-order valence-electron chi connectivity index (χ4n) is 4.13. The Bertz CT molecular complexity index is 446. The third kappa shape index (κ3) is 5.09. The first kappa shape index (κ1) is 18.0. The van der Waals surface area contributed by atoms with Gasteiger partial charge in [-0.15, -0.1) is 0 Å². The average Bonchev–Trinajstić information content (AvgIpc) is 2.60. The molecule has 6 heteroatoms. The zero-order chi connectivity index (χ0) is 17.3. The number of carbonyl (C=O) groups excluding carboxylic acids is 2. The molecule has 2 rings (SSSR count). The van der Waals surface area contributed by atoms with E-state index in [-0.39, 0.29) is 29.1 Å². The van der Waals surface area contributed by atoms with Gasteiger partial charge in [-0.3, -0.25) is 4.79 Å². The van der Waals surface area contributed by atoms with Crippen LogP contribution in [0.4, 0.5) is 4.79 Å². The van der Waals surface area contributed by atoms with Crippen LogP contribution < -0.4 is 10.6 Å². The molecule has 0 atom stereocenters. The van der Waals surface area contributed by atoms with Crippen molar-refractivity contribution in [3.8, 4) is 0 Å². The zero-order valence-electron chi connectivity index (χ0n) is 15.2. The highest BCUT2D eigenvalue weighted by Gasteiger charge is 2.38. The summed E-state index contributed by atoms with van der Waals surface area (Å²) in [6.07, 6.45) is 2.70. The van der Waals surface area contributed by atoms with E-state index in [9.17, 15) is 9.59 Å². The first-order valence-electron chi connectivity index (χ1n) is 8.68. The molecule has 0 aromatic heterocycles. The monoisotopic (exact) mass is 324 g/mol. The van der Waals surface area contributed by atoms with Crippen molar-refractivity contribution in [3.05, 3.63) is 0 Å². The molecule has 2 saturated heterocycles. The number of rotatable bonds is 1. The topological polar surface area (TPSA) is 64.7 Å². The molecule has 0 bridgehead atoms. The maximum atomic E-state index is 12.6. The van der Waals surface area contributed by atoms with Gasteiger partial charge >= 0.3 is 6.03 Å². The van der Waals surface area contributed by atoms with Gasteiger partial charge in [-0.1, -0.05) is 0 Å².